The van der Waals surface area contributed by atoms with Gasteiger partial charge >= 0.3 is 5.97 Å². The van der Waals surface area contributed by atoms with Crippen LogP contribution in [0.5, 0.6) is 0 Å². The van der Waals surface area contributed by atoms with Gasteiger partial charge in [-0.1, -0.05) is 72.4 Å². The van der Waals surface area contributed by atoms with Crippen molar-refractivity contribution in [3.63, 3.8) is 0 Å². The van der Waals surface area contributed by atoms with Gasteiger partial charge in [0.1, 0.15) is 12.6 Å². The Morgan fingerprint density at radius 2 is 1.73 bits per heavy atom. The number of carbonyl (C=O) groups excluding carboxylic acids is 3. The molecule has 3 atom stereocenters. The fourth-order valence-electron chi connectivity index (χ4n) is 3.68. The number of carboxylic acid groups (broad SMARTS) is 1. The quantitative estimate of drug-likeness (QED) is 0.591. The second kappa shape index (κ2) is 11.9. The average Bonchev–Trinajstić information content (AvgIpc) is 2.93. The van der Waals surface area contributed by atoms with Crippen molar-refractivity contribution in [3.8, 4) is 0 Å². The summed E-state index contributed by atoms with van der Waals surface area (Å²) in [5, 5.41) is 11.3. The van der Waals surface area contributed by atoms with E-state index in [0.29, 0.717) is 17.9 Å². The van der Waals surface area contributed by atoms with Gasteiger partial charge < -0.3 is 15.3 Å². The van der Waals surface area contributed by atoms with Crippen molar-refractivity contribution >= 4 is 46.4 Å². The second-order valence-corrected chi connectivity index (χ2v) is 10.1. The molecular weight excluding hydrogens is 460 g/mol. The highest BCUT2D eigenvalue weighted by molar-refractivity contribution is 8.14. The Balaban J connectivity index is 1.79. The zero-order valence-corrected chi connectivity index (χ0v) is 19.8. The summed E-state index contributed by atoms with van der Waals surface area (Å²) in [5.74, 6) is -1.12. The molecule has 3 rings (SSSR count). The lowest BCUT2D eigenvalue weighted by molar-refractivity contribution is -0.147. The molecule has 1 heterocycles. The molecule has 2 aromatic rings. The van der Waals surface area contributed by atoms with Crippen molar-refractivity contribution in [1.29, 1.82) is 0 Å². The Morgan fingerprint density at radius 3 is 2.33 bits per heavy atom. The maximum absolute atomic E-state index is 13.4. The van der Waals surface area contributed by atoms with E-state index in [1.165, 1.54) is 23.6 Å². The predicted molar refractivity (Wildman–Crippen MR) is 130 cm³/mol. The molecule has 9 heteroatoms. The van der Waals surface area contributed by atoms with E-state index in [9.17, 15) is 24.3 Å². The van der Waals surface area contributed by atoms with E-state index in [4.69, 9.17) is 0 Å². The maximum Gasteiger partial charge on any atom is 0.323 e. The van der Waals surface area contributed by atoms with E-state index in [-0.39, 0.29) is 5.12 Å². The molecule has 7 nitrogen and oxygen atoms in total. The normalized spacial score (nSPS) is 19.4. The topological polar surface area (TPSA) is 104 Å². The summed E-state index contributed by atoms with van der Waals surface area (Å²) in [6, 6.07) is 17.4. The summed E-state index contributed by atoms with van der Waals surface area (Å²) >= 11 is 2.42. The van der Waals surface area contributed by atoms with Crippen LogP contribution in [0.4, 0.5) is 0 Å². The van der Waals surface area contributed by atoms with Crippen LogP contribution >= 0.6 is 23.5 Å². The summed E-state index contributed by atoms with van der Waals surface area (Å²) < 4.78 is 0. The molecule has 0 saturated carbocycles. The number of hydrogen-bond donors (Lipinski definition) is 2. The molecule has 174 valence electrons. The van der Waals surface area contributed by atoms with E-state index in [2.05, 4.69) is 5.32 Å². The third-order valence-corrected chi connectivity index (χ3v) is 7.31. The third-order valence-electron chi connectivity index (χ3n) is 5.19. The smallest absolute Gasteiger partial charge is 0.323 e. The number of carbonyl (C=O) groups is 4. The van der Waals surface area contributed by atoms with Crippen LogP contribution in [0.1, 0.15) is 24.1 Å². The van der Waals surface area contributed by atoms with Crippen LogP contribution in [0.15, 0.2) is 60.7 Å². The van der Waals surface area contributed by atoms with Gasteiger partial charge in [-0.05, 0) is 17.5 Å². The van der Waals surface area contributed by atoms with Crippen molar-refractivity contribution < 1.29 is 24.3 Å². The average molecular weight is 487 g/mol. The molecule has 0 spiro atoms. The first-order valence-corrected chi connectivity index (χ1v) is 12.5. The summed E-state index contributed by atoms with van der Waals surface area (Å²) in [6.45, 7) is 0.947. The van der Waals surface area contributed by atoms with E-state index in [1.54, 1.807) is 0 Å². The van der Waals surface area contributed by atoms with Crippen LogP contribution in [0.25, 0.3) is 0 Å². The molecule has 2 amide bonds. The minimum absolute atomic E-state index is 0.190. The van der Waals surface area contributed by atoms with E-state index in [1.807, 2.05) is 60.7 Å². The number of amides is 2. The minimum atomic E-state index is -1.12. The summed E-state index contributed by atoms with van der Waals surface area (Å²) in [4.78, 5) is 51.1. The van der Waals surface area contributed by atoms with E-state index < -0.39 is 41.7 Å². The summed E-state index contributed by atoms with van der Waals surface area (Å²) in [6.07, 6.45) is 0.344. The first kappa shape index (κ1) is 24.9. The van der Waals surface area contributed by atoms with Gasteiger partial charge in [0.15, 0.2) is 5.12 Å². The molecule has 1 aliphatic rings. The highest BCUT2D eigenvalue weighted by Crippen LogP contribution is 2.30. The van der Waals surface area contributed by atoms with Gasteiger partial charge in [0.2, 0.25) is 11.8 Å². The third kappa shape index (κ3) is 7.10. The maximum atomic E-state index is 13.4. The van der Waals surface area contributed by atoms with Gasteiger partial charge in [0.05, 0.1) is 11.3 Å². The Hall–Kier alpha value is -2.78. The fourth-order valence-corrected chi connectivity index (χ4v) is 5.73. The monoisotopic (exact) mass is 486 g/mol. The van der Waals surface area contributed by atoms with Crippen LogP contribution < -0.4 is 5.32 Å². The van der Waals surface area contributed by atoms with Crippen molar-refractivity contribution in [3.05, 3.63) is 71.8 Å². The SMILES string of the molecule is CC(=O)S[C@@H](Cc1ccccc1)C(=O)N[C@H]1CSC[C@@H](c2ccccc2)N(CC(=O)O)C1=O. The van der Waals surface area contributed by atoms with Gasteiger partial charge in [0, 0.05) is 18.4 Å². The van der Waals surface area contributed by atoms with Gasteiger partial charge in [-0.3, -0.25) is 19.2 Å². The Labute approximate surface area is 201 Å². The fraction of sp³-hybridized carbons (Fsp3) is 0.333. The standard InChI is InChI=1S/C24H26N2O5S2/c1-16(27)33-21(12-17-8-4-2-5-9-17)23(30)25-19-14-32-15-20(18-10-6-3-7-11-18)26(24(19)31)13-22(28)29/h2-11,19-21H,12-15H2,1H3,(H,25,30)(H,28,29)/t19-,20-,21-/m0/s1. The number of rotatable bonds is 8. The molecule has 0 bridgehead atoms. The lowest BCUT2D eigenvalue weighted by Gasteiger charge is -2.30. The van der Waals surface area contributed by atoms with Crippen molar-refractivity contribution in [2.75, 3.05) is 18.1 Å². The Morgan fingerprint density at radius 1 is 1.09 bits per heavy atom. The lowest BCUT2D eigenvalue weighted by Crippen LogP contribution is -2.52. The zero-order chi connectivity index (χ0) is 23.8. The highest BCUT2D eigenvalue weighted by Gasteiger charge is 2.37. The van der Waals surface area contributed by atoms with Crippen molar-refractivity contribution in [2.45, 2.75) is 30.7 Å². The number of carboxylic acids is 1. The molecule has 0 radical (unpaired) electrons. The molecule has 2 N–H and O–H groups in total. The number of nitrogens with one attached hydrogen (secondary N) is 1. The number of thioether (sulfide) groups is 2. The summed E-state index contributed by atoms with van der Waals surface area (Å²) in [7, 11) is 0. The van der Waals surface area contributed by atoms with Gasteiger partial charge in [-0.15, -0.1) is 0 Å². The molecule has 0 aliphatic carbocycles. The van der Waals surface area contributed by atoms with Crippen LogP contribution in [-0.4, -0.2) is 62.2 Å². The predicted octanol–water partition coefficient (Wildman–Crippen LogP) is 2.76. The van der Waals surface area contributed by atoms with Crippen LogP contribution in [-0.2, 0) is 25.6 Å². The van der Waals surface area contributed by atoms with Gasteiger partial charge in [-0.2, -0.15) is 11.8 Å². The van der Waals surface area contributed by atoms with E-state index >= 15 is 0 Å². The molecule has 1 aliphatic heterocycles. The number of aliphatic carboxylic acids is 1. The van der Waals surface area contributed by atoms with Crippen molar-refractivity contribution in [2.24, 2.45) is 0 Å². The number of benzene rings is 2. The minimum Gasteiger partial charge on any atom is -0.480 e. The Kier molecular flexibility index (Phi) is 8.96. The largest absolute Gasteiger partial charge is 0.480 e. The molecule has 1 saturated heterocycles. The first-order chi connectivity index (χ1) is 15.8. The van der Waals surface area contributed by atoms with Gasteiger partial charge in [0.25, 0.3) is 0 Å². The Bertz CT molecular complexity index is 987. The molecule has 1 fully saturated rings. The molecule has 33 heavy (non-hydrogen) atoms. The van der Waals surface area contributed by atoms with Gasteiger partial charge in [-0.25, -0.2) is 0 Å². The second-order valence-electron chi connectivity index (χ2n) is 7.67. The molecule has 0 aromatic heterocycles. The molecular formula is C24H26N2O5S2. The number of nitrogens with zero attached hydrogens (tertiary/aromatic N) is 1. The molecule has 0 unspecified atom stereocenters. The van der Waals surface area contributed by atoms with Crippen LogP contribution in [0.2, 0.25) is 0 Å². The van der Waals surface area contributed by atoms with Crippen LogP contribution in [0.3, 0.4) is 0 Å². The number of hydrogen-bond acceptors (Lipinski definition) is 6. The lowest BCUT2D eigenvalue weighted by atomic mass is 10.1. The zero-order valence-electron chi connectivity index (χ0n) is 18.2. The molecule has 2 aromatic carbocycles. The van der Waals surface area contributed by atoms with Crippen LogP contribution in [0, 0.1) is 0 Å². The van der Waals surface area contributed by atoms with E-state index in [0.717, 1.165) is 22.9 Å². The van der Waals surface area contributed by atoms with Crippen molar-refractivity contribution in [1.82, 2.24) is 10.2 Å². The summed E-state index contributed by atoms with van der Waals surface area (Å²) in [5.41, 5.74) is 1.75. The first-order valence-electron chi connectivity index (χ1n) is 10.5. The highest BCUT2D eigenvalue weighted by atomic mass is 32.2.